The SMILES string of the molecule is CC(=Cc1ccc(C#N)cc1)[c-]1cccc1.CC(=Cc1ccc(C)cc1)[c-]1cccc1.[Fe]. The van der Waals surface area contributed by atoms with Gasteiger partial charge in [-0.05, 0) is 19.1 Å². The van der Waals surface area contributed by atoms with Crippen LogP contribution < -0.4 is 0 Å². The Labute approximate surface area is 202 Å². The molecular formula is C30H27FeN-2. The van der Waals surface area contributed by atoms with E-state index >= 15 is 0 Å². The normalized spacial score (nSPS) is 11.1. The van der Waals surface area contributed by atoms with E-state index in [1.807, 2.05) is 36.4 Å². The maximum absolute atomic E-state index is 8.70. The Balaban J connectivity index is 0.000000220. The molecule has 0 bridgehead atoms. The average molecular weight is 457 g/mol. The molecular weight excluding hydrogens is 430 g/mol. The molecule has 4 aromatic rings. The van der Waals surface area contributed by atoms with Crippen LogP contribution in [0.4, 0.5) is 0 Å². The largest absolute Gasteiger partial charge is 0.192 e. The number of rotatable bonds is 4. The molecule has 4 rings (SSSR count). The van der Waals surface area contributed by atoms with E-state index in [-0.39, 0.29) is 17.1 Å². The van der Waals surface area contributed by atoms with Crippen LogP contribution in [0.15, 0.2) is 97.1 Å². The first-order chi connectivity index (χ1) is 15.0. The molecule has 162 valence electrons. The third-order valence-corrected chi connectivity index (χ3v) is 5.12. The molecule has 4 aromatic carbocycles. The van der Waals surface area contributed by atoms with Crippen LogP contribution in [-0.4, -0.2) is 0 Å². The summed E-state index contributed by atoms with van der Waals surface area (Å²) in [5.41, 5.74) is 9.47. The summed E-state index contributed by atoms with van der Waals surface area (Å²) in [5.74, 6) is 0. The van der Waals surface area contributed by atoms with Crippen LogP contribution in [0.25, 0.3) is 23.3 Å². The number of nitriles is 1. The van der Waals surface area contributed by atoms with Crippen molar-refractivity contribution in [2.45, 2.75) is 20.8 Å². The molecule has 0 unspecified atom stereocenters. The van der Waals surface area contributed by atoms with Crippen molar-refractivity contribution in [2.24, 2.45) is 0 Å². The summed E-state index contributed by atoms with van der Waals surface area (Å²) in [6.07, 6.45) is 4.34. The summed E-state index contributed by atoms with van der Waals surface area (Å²) in [5, 5.41) is 8.70. The molecule has 0 radical (unpaired) electrons. The number of allylic oxidation sites excluding steroid dienone is 2. The van der Waals surface area contributed by atoms with E-state index in [0.717, 1.165) is 5.56 Å². The number of nitrogens with zero attached hydrogens (tertiary/aromatic N) is 1. The van der Waals surface area contributed by atoms with Gasteiger partial charge in [-0.2, -0.15) is 29.5 Å². The van der Waals surface area contributed by atoms with Crippen molar-refractivity contribution in [3.05, 3.63) is 130 Å². The Kier molecular flexibility index (Phi) is 9.71. The number of hydrogen-bond acceptors (Lipinski definition) is 1. The maximum Gasteiger partial charge on any atom is 0.0991 e. The molecule has 0 fully saturated rings. The van der Waals surface area contributed by atoms with Crippen LogP contribution in [-0.2, 0) is 17.1 Å². The molecule has 0 N–H and O–H groups in total. The number of aryl methyl sites for hydroxylation is 1. The summed E-state index contributed by atoms with van der Waals surface area (Å²) in [6.45, 7) is 6.35. The van der Waals surface area contributed by atoms with Gasteiger partial charge in [0.2, 0.25) is 0 Å². The quantitative estimate of drug-likeness (QED) is 0.224. The topological polar surface area (TPSA) is 23.8 Å². The van der Waals surface area contributed by atoms with E-state index < -0.39 is 0 Å². The molecule has 32 heavy (non-hydrogen) atoms. The Morgan fingerprint density at radius 2 is 1.06 bits per heavy atom. The van der Waals surface area contributed by atoms with E-state index in [0.29, 0.717) is 5.56 Å². The Hall–Kier alpha value is -3.37. The van der Waals surface area contributed by atoms with Gasteiger partial charge in [0.1, 0.15) is 0 Å². The van der Waals surface area contributed by atoms with Gasteiger partial charge in [0.25, 0.3) is 0 Å². The summed E-state index contributed by atoms with van der Waals surface area (Å²) >= 11 is 0. The molecule has 0 spiro atoms. The fraction of sp³-hybridized carbons (Fsp3) is 0.100. The van der Waals surface area contributed by atoms with Gasteiger partial charge in [0.05, 0.1) is 11.6 Å². The summed E-state index contributed by atoms with van der Waals surface area (Å²) < 4.78 is 0. The third kappa shape index (κ3) is 7.40. The second kappa shape index (κ2) is 12.5. The van der Waals surface area contributed by atoms with Gasteiger partial charge in [-0.3, -0.25) is 0 Å². The van der Waals surface area contributed by atoms with E-state index in [1.54, 1.807) is 0 Å². The zero-order chi connectivity index (χ0) is 22.1. The van der Waals surface area contributed by atoms with Crippen LogP contribution in [0.1, 0.15) is 47.2 Å². The Morgan fingerprint density at radius 3 is 1.44 bits per heavy atom. The molecule has 0 aliphatic heterocycles. The predicted molar refractivity (Wildman–Crippen MR) is 133 cm³/mol. The molecule has 2 heteroatoms. The molecule has 0 atom stereocenters. The molecule has 0 saturated heterocycles. The molecule has 0 amide bonds. The van der Waals surface area contributed by atoms with E-state index in [2.05, 4.69) is 99.7 Å². The second-order valence-corrected chi connectivity index (χ2v) is 7.65. The van der Waals surface area contributed by atoms with Crippen molar-refractivity contribution in [3.63, 3.8) is 0 Å². The molecule has 1 nitrogen and oxygen atoms in total. The molecule has 0 aliphatic carbocycles. The van der Waals surface area contributed by atoms with Crippen molar-refractivity contribution in [2.75, 3.05) is 0 Å². The summed E-state index contributed by atoms with van der Waals surface area (Å²) in [7, 11) is 0. The molecule has 0 aromatic heterocycles. The van der Waals surface area contributed by atoms with Gasteiger partial charge in [-0.15, -0.1) is 58.7 Å². The van der Waals surface area contributed by atoms with Gasteiger partial charge in [-0.25, -0.2) is 0 Å². The molecule has 0 saturated carbocycles. The number of hydrogen-bond donors (Lipinski definition) is 0. The summed E-state index contributed by atoms with van der Waals surface area (Å²) in [4.78, 5) is 0. The zero-order valence-corrected chi connectivity index (χ0v) is 19.8. The zero-order valence-electron chi connectivity index (χ0n) is 18.7. The van der Waals surface area contributed by atoms with Crippen molar-refractivity contribution in [1.29, 1.82) is 5.26 Å². The van der Waals surface area contributed by atoms with Gasteiger partial charge < -0.3 is 0 Å². The van der Waals surface area contributed by atoms with Crippen molar-refractivity contribution in [1.82, 2.24) is 0 Å². The third-order valence-electron chi connectivity index (χ3n) is 5.12. The standard InChI is InChI=1S/C15H12N.C15H15.Fe/c1-12(15-4-2-3-5-15)10-13-6-8-14(11-16)9-7-13;1-12-7-9-14(10-8-12)11-13(2)15-5-3-4-6-15;/h2-10H,1H3;3-11H,1-2H3;/q2*-1;. The monoisotopic (exact) mass is 457 g/mol. The van der Waals surface area contributed by atoms with Gasteiger partial charge in [0.15, 0.2) is 0 Å². The Bertz CT molecular complexity index is 1170. The van der Waals surface area contributed by atoms with Crippen LogP contribution in [0, 0.1) is 18.3 Å². The Morgan fingerprint density at radius 1 is 0.688 bits per heavy atom. The fourth-order valence-electron chi connectivity index (χ4n) is 3.26. The van der Waals surface area contributed by atoms with Crippen molar-refractivity contribution < 1.29 is 17.1 Å². The fourth-order valence-corrected chi connectivity index (χ4v) is 3.26. The molecule has 0 aliphatic rings. The molecule has 0 heterocycles. The van der Waals surface area contributed by atoms with Crippen LogP contribution in [0.3, 0.4) is 0 Å². The van der Waals surface area contributed by atoms with E-state index in [1.165, 1.54) is 33.4 Å². The van der Waals surface area contributed by atoms with Gasteiger partial charge in [-0.1, -0.05) is 66.9 Å². The van der Waals surface area contributed by atoms with Crippen LogP contribution in [0.2, 0.25) is 0 Å². The minimum atomic E-state index is 0. The minimum Gasteiger partial charge on any atom is -0.192 e. The number of benzene rings is 2. The second-order valence-electron chi connectivity index (χ2n) is 7.65. The first kappa shape index (κ1) is 24.9. The van der Waals surface area contributed by atoms with Gasteiger partial charge in [0, 0.05) is 17.1 Å². The van der Waals surface area contributed by atoms with Crippen molar-refractivity contribution >= 4 is 23.3 Å². The summed E-state index contributed by atoms with van der Waals surface area (Å²) in [6, 6.07) is 35.0. The van der Waals surface area contributed by atoms with Crippen molar-refractivity contribution in [3.8, 4) is 6.07 Å². The maximum atomic E-state index is 8.70. The predicted octanol–water partition coefficient (Wildman–Crippen LogP) is 8.11. The van der Waals surface area contributed by atoms with Gasteiger partial charge >= 0.3 is 0 Å². The minimum absolute atomic E-state index is 0. The first-order valence-electron chi connectivity index (χ1n) is 10.4. The van der Waals surface area contributed by atoms with E-state index in [4.69, 9.17) is 5.26 Å². The van der Waals surface area contributed by atoms with E-state index in [9.17, 15) is 0 Å². The smallest absolute Gasteiger partial charge is 0.0991 e. The van der Waals surface area contributed by atoms with Crippen LogP contribution in [0.5, 0.6) is 0 Å². The van der Waals surface area contributed by atoms with Crippen LogP contribution >= 0.6 is 0 Å². The first-order valence-corrected chi connectivity index (χ1v) is 10.4. The average Bonchev–Trinajstić information content (AvgIpc) is 3.51.